The molecule has 0 fully saturated rings. The van der Waals surface area contributed by atoms with Gasteiger partial charge in [0.25, 0.3) is 0 Å². The molecule has 0 amide bonds. The number of carbonyl (C=O) groups is 1. The monoisotopic (exact) mass is 251 g/mol. The maximum Gasteiger partial charge on any atom is 0.323 e. The fraction of sp³-hybridized carbons (Fsp3) is 0.500. The highest BCUT2D eigenvalue weighted by Gasteiger charge is 2.22. The summed E-state index contributed by atoms with van der Waals surface area (Å²) < 4.78 is 5.21. The van der Waals surface area contributed by atoms with Crippen LogP contribution in [0.5, 0.6) is 0 Å². The average Bonchev–Trinajstić information content (AvgIpc) is 2.27. The van der Waals surface area contributed by atoms with Gasteiger partial charge in [-0.05, 0) is 38.3 Å². The van der Waals surface area contributed by atoms with Crippen LogP contribution in [0.25, 0.3) is 0 Å². The smallest absolute Gasteiger partial charge is 0.323 e. The molecule has 4 nitrogen and oxygen atoms in total. The summed E-state index contributed by atoms with van der Waals surface area (Å²) in [6, 6.07) is 6.68. The number of benzene rings is 1. The van der Waals surface area contributed by atoms with E-state index in [0.717, 1.165) is 11.1 Å². The molecule has 18 heavy (non-hydrogen) atoms. The van der Waals surface area contributed by atoms with Gasteiger partial charge in [0.2, 0.25) is 0 Å². The standard InChI is InChI=1S/C14H21NO3/c1-14(2,3)18-13(17)12(15)8-10-4-6-11(9-16)7-5-10/h4-7,12,16H,8-9,15H2,1-3H3/t12-/m0/s1. The third kappa shape index (κ3) is 4.85. The molecular weight excluding hydrogens is 230 g/mol. The first-order valence-electron chi connectivity index (χ1n) is 5.99. The van der Waals surface area contributed by atoms with Crippen LogP contribution in [0.1, 0.15) is 31.9 Å². The molecule has 1 aromatic rings. The van der Waals surface area contributed by atoms with Gasteiger partial charge in [-0.3, -0.25) is 4.79 Å². The molecule has 4 heteroatoms. The Bertz CT molecular complexity index is 392. The highest BCUT2D eigenvalue weighted by molar-refractivity contribution is 5.76. The van der Waals surface area contributed by atoms with Crippen LogP contribution in [0.4, 0.5) is 0 Å². The van der Waals surface area contributed by atoms with E-state index < -0.39 is 17.6 Å². The van der Waals surface area contributed by atoms with Crippen molar-refractivity contribution in [1.29, 1.82) is 0 Å². The van der Waals surface area contributed by atoms with E-state index in [1.807, 2.05) is 45.0 Å². The van der Waals surface area contributed by atoms with Crippen molar-refractivity contribution >= 4 is 5.97 Å². The summed E-state index contributed by atoms with van der Waals surface area (Å²) in [5.74, 6) is -0.395. The lowest BCUT2D eigenvalue weighted by atomic mass is 10.0. The Morgan fingerprint density at radius 1 is 1.28 bits per heavy atom. The number of esters is 1. The molecule has 100 valence electrons. The van der Waals surface area contributed by atoms with Crippen molar-refractivity contribution in [3.8, 4) is 0 Å². The summed E-state index contributed by atoms with van der Waals surface area (Å²) in [4.78, 5) is 11.7. The van der Waals surface area contributed by atoms with Crippen LogP contribution in [0, 0.1) is 0 Å². The number of hydrogen-bond acceptors (Lipinski definition) is 4. The first kappa shape index (κ1) is 14.7. The summed E-state index contributed by atoms with van der Waals surface area (Å²) in [5.41, 5.74) is 7.07. The molecular formula is C14H21NO3. The number of rotatable bonds is 4. The van der Waals surface area contributed by atoms with Crippen LogP contribution in [0.2, 0.25) is 0 Å². The molecule has 0 heterocycles. The molecule has 0 spiro atoms. The van der Waals surface area contributed by atoms with Crippen molar-refractivity contribution in [1.82, 2.24) is 0 Å². The SMILES string of the molecule is CC(C)(C)OC(=O)[C@@H](N)Cc1ccc(CO)cc1. The molecule has 0 aliphatic heterocycles. The van der Waals surface area contributed by atoms with Gasteiger partial charge in [-0.2, -0.15) is 0 Å². The molecule has 0 aliphatic rings. The lowest BCUT2D eigenvalue weighted by molar-refractivity contribution is -0.156. The fourth-order valence-corrected chi connectivity index (χ4v) is 1.50. The molecule has 0 saturated heterocycles. The van der Waals surface area contributed by atoms with Gasteiger partial charge in [0.15, 0.2) is 0 Å². The average molecular weight is 251 g/mol. The third-order valence-electron chi connectivity index (χ3n) is 2.37. The topological polar surface area (TPSA) is 72.5 Å². The second-order valence-electron chi connectivity index (χ2n) is 5.32. The van der Waals surface area contributed by atoms with Crippen molar-refractivity contribution in [3.05, 3.63) is 35.4 Å². The minimum atomic E-state index is -0.663. The normalized spacial score (nSPS) is 13.2. The van der Waals surface area contributed by atoms with Crippen LogP contribution in [0.3, 0.4) is 0 Å². The lowest BCUT2D eigenvalue weighted by Gasteiger charge is -2.22. The Kier molecular flexibility index (Phi) is 4.87. The van der Waals surface area contributed by atoms with Crippen LogP contribution >= 0.6 is 0 Å². The molecule has 0 saturated carbocycles. The Morgan fingerprint density at radius 2 is 1.78 bits per heavy atom. The minimum Gasteiger partial charge on any atom is -0.459 e. The van der Waals surface area contributed by atoms with Crippen LogP contribution in [-0.2, 0) is 22.6 Å². The molecule has 1 aromatic carbocycles. The third-order valence-corrected chi connectivity index (χ3v) is 2.37. The fourth-order valence-electron chi connectivity index (χ4n) is 1.50. The highest BCUT2D eigenvalue weighted by atomic mass is 16.6. The van der Waals surface area contributed by atoms with Gasteiger partial charge in [0, 0.05) is 0 Å². The molecule has 0 unspecified atom stereocenters. The summed E-state index contributed by atoms with van der Waals surface area (Å²) in [6.07, 6.45) is 0.431. The van der Waals surface area contributed by atoms with E-state index in [-0.39, 0.29) is 6.61 Å². The van der Waals surface area contributed by atoms with Crippen molar-refractivity contribution in [2.75, 3.05) is 0 Å². The molecule has 0 bridgehead atoms. The second kappa shape index (κ2) is 5.98. The van der Waals surface area contributed by atoms with Crippen molar-refractivity contribution in [3.63, 3.8) is 0 Å². The first-order chi connectivity index (χ1) is 8.31. The zero-order valence-electron chi connectivity index (χ0n) is 11.1. The summed E-state index contributed by atoms with van der Waals surface area (Å²) in [7, 11) is 0. The van der Waals surface area contributed by atoms with Crippen molar-refractivity contribution < 1.29 is 14.6 Å². The number of ether oxygens (including phenoxy) is 1. The zero-order valence-corrected chi connectivity index (χ0v) is 11.1. The Morgan fingerprint density at radius 3 is 2.22 bits per heavy atom. The van der Waals surface area contributed by atoms with E-state index in [4.69, 9.17) is 15.6 Å². The van der Waals surface area contributed by atoms with Crippen LogP contribution in [-0.4, -0.2) is 22.7 Å². The number of nitrogens with two attached hydrogens (primary N) is 1. The summed E-state index contributed by atoms with van der Waals surface area (Å²) in [6.45, 7) is 5.45. The van der Waals surface area contributed by atoms with E-state index in [0.29, 0.717) is 6.42 Å². The highest BCUT2D eigenvalue weighted by Crippen LogP contribution is 2.11. The second-order valence-corrected chi connectivity index (χ2v) is 5.32. The van der Waals surface area contributed by atoms with Gasteiger partial charge in [-0.15, -0.1) is 0 Å². The predicted octanol–water partition coefficient (Wildman–Crippen LogP) is 1.39. The van der Waals surface area contributed by atoms with Gasteiger partial charge in [-0.1, -0.05) is 24.3 Å². The number of aliphatic hydroxyl groups excluding tert-OH is 1. The number of aliphatic hydroxyl groups is 1. The first-order valence-corrected chi connectivity index (χ1v) is 5.99. The zero-order chi connectivity index (χ0) is 13.8. The molecule has 0 aromatic heterocycles. The maximum atomic E-state index is 11.7. The molecule has 1 atom stereocenters. The summed E-state index contributed by atoms with van der Waals surface area (Å²) >= 11 is 0. The predicted molar refractivity (Wildman–Crippen MR) is 69.9 cm³/mol. The Balaban J connectivity index is 2.58. The minimum absolute atomic E-state index is 0.0123. The van der Waals surface area contributed by atoms with E-state index in [9.17, 15) is 4.79 Å². The maximum absolute atomic E-state index is 11.7. The Hall–Kier alpha value is -1.39. The van der Waals surface area contributed by atoms with Crippen molar-refractivity contribution in [2.45, 2.75) is 45.4 Å². The molecule has 1 rings (SSSR count). The lowest BCUT2D eigenvalue weighted by Crippen LogP contribution is -2.38. The van der Waals surface area contributed by atoms with Gasteiger partial charge < -0.3 is 15.6 Å². The van der Waals surface area contributed by atoms with Gasteiger partial charge in [0.1, 0.15) is 11.6 Å². The van der Waals surface area contributed by atoms with Crippen LogP contribution < -0.4 is 5.73 Å². The van der Waals surface area contributed by atoms with E-state index in [1.54, 1.807) is 0 Å². The largest absolute Gasteiger partial charge is 0.459 e. The van der Waals surface area contributed by atoms with Crippen molar-refractivity contribution in [2.24, 2.45) is 5.73 Å². The molecule has 0 radical (unpaired) electrons. The number of hydrogen-bond donors (Lipinski definition) is 2. The van der Waals surface area contributed by atoms with E-state index in [2.05, 4.69) is 0 Å². The van der Waals surface area contributed by atoms with Crippen LogP contribution in [0.15, 0.2) is 24.3 Å². The molecule has 3 N–H and O–H groups in total. The van der Waals surface area contributed by atoms with E-state index >= 15 is 0 Å². The summed E-state index contributed by atoms with van der Waals surface area (Å²) in [5, 5.41) is 8.93. The molecule has 0 aliphatic carbocycles. The van der Waals surface area contributed by atoms with E-state index in [1.165, 1.54) is 0 Å². The Labute approximate surface area is 108 Å². The van der Waals surface area contributed by atoms with Gasteiger partial charge in [0.05, 0.1) is 6.61 Å². The quantitative estimate of drug-likeness (QED) is 0.793. The van der Waals surface area contributed by atoms with Gasteiger partial charge in [-0.25, -0.2) is 0 Å². The number of carbonyl (C=O) groups excluding carboxylic acids is 1. The van der Waals surface area contributed by atoms with Gasteiger partial charge >= 0.3 is 5.97 Å².